The van der Waals surface area contributed by atoms with E-state index in [4.69, 9.17) is 0 Å². The quantitative estimate of drug-likeness (QED) is 0.698. The maximum atomic E-state index is 13.4. The second-order valence-electron chi connectivity index (χ2n) is 7.09. The van der Waals surface area contributed by atoms with Gasteiger partial charge in [-0.2, -0.15) is 5.10 Å². The molecule has 152 valence electrons. The molecule has 1 atom stereocenters. The number of rotatable bonds is 5. The predicted molar refractivity (Wildman–Crippen MR) is 115 cm³/mol. The highest BCUT2D eigenvalue weighted by Gasteiger charge is 2.26. The molecule has 4 rings (SSSR count). The monoisotopic (exact) mass is 411 g/mol. The first-order valence-electron chi connectivity index (χ1n) is 9.83. The summed E-state index contributed by atoms with van der Waals surface area (Å²) in [7, 11) is 0. The van der Waals surface area contributed by atoms with Gasteiger partial charge in [-0.05, 0) is 74.8 Å². The molecule has 0 bridgehead atoms. The van der Waals surface area contributed by atoms with Crippen LogP contribution in [0.1, 0.15) is 35.3 Å². The van der Waals surface area contributed by atoms with Crippen LogP contribution >= 0.6 is 12.4 Å². The van der Waals surface area contributed by atoms with E-state index in [0.717, 1.165) is 43.7 Å². The van der Waals surface area contributed by atoms with E-state index >= 15 is 0 Å². The van der Waals surface area contributed by atoms with Crippen molar-refractivity contribution in [1.29, 1.82) is 0 Å². The number of carbonyl (C=O) groups excluding carboxylic acids is 1. The Hall–Kier alpha value is -2.70. The van der Waals surface area contributed by atoms with Crippen molar-refractivity contribution in [3.8, 4) is 5.69 Å². The Morgan fingerprint density at radius 1 is 1.07 bits per heavy atom. The maximum Gasteiger partial charge on any atom is 0.254 e. The summed E-state index contributed by atoms with van der Waals surface area (Å²) in [5, 5.41) is 7.68. The van der Waals surface area contributed by atoms with E-state index in [0.29, 0.717) is 12.1 Å². The Balaban J connectivity index is 0.00000240. The zero-order chi connectivity index (χ0) is 19.2. The molecule has 0 spiro atoms. The van der Waals surface area contributed by atoms with E-state index < -0.39 is 0 Å². The van der Waals surface area contributed by atoms with Crippen molar-refractivity contribution in [1.82, 2.24) is 25.0 Å². The molecule has 3 heterocycles. The van der Waals surface area contributed by atoms with E-state index in [-0.39, 0.29) is 24.4 Å². The van der Waals surface area contributed by atoms with Crippen LogP contribution in [0.5, 0.6) is 0 Å². The molecule has 1 saturated heterocycles. The fourth-order valence-corrected chi connectivity index (χ4v) is 3.69. The minimum absolute atomic E-state index is 0. The van der Waals surface area contributed by atoms with E-state index in [1.54, 1.807) is 17.1 Å². The SMILES string of the molecule is Cl.O=C(c1ccc(-n2cccn2)cc1)N(Cc1ccccn1)C1CCCNCC1. The van der Waals surface area contributed by atoms with Crippen molar-refractivity contribution in [3.63, 3.8) is 0 Å². The average molecular weight is 412 g/mol. The zero-order valence-corrected chi connectivity index (χ0v) is 17.1. The first-order chi connectivity index (χ1) is 13.8. The van der Waals surface area contributed by atoms with Gasteiger partial charge in [0, 0.05) is 30.2 Å². The first-order valence-corrected chi connectivity index (χ1v) is 9.83. The van der Waals surface area contributed by atoms with Gasteiger partial charge < -0.3 is 10.2 Å². The molecule has 1 unspecified atom stereocenters. The minimum atomic E-state index is 0. The molecule has 1 aliphatic heterocycles. The molecule has 1 N–H and O–H groups in total. The lowest BCUT2D eigenvalue weighted by Gasteiger charge is -2.31. The van der Waals surface area contributed by atoms with Gasteiger partial charge in [-0.15, -0.1) is 12.4 Å². The Labute approximate surface area is 177 Å². The van der Waals surface area contributed by atoms with Gasteiger partial charge in [-0.25, -0.2) is 4.68 Å². The summed E-state index contributed by atoms with van der Waals surface area (Å²) >= 11 is 0. The number of pyridine rings is 1. The van der Waals surface area contributed by atoms with Crippen LogP contribution in [0.2, 0.25) is 0 Å². The number of hydrogen-bond donors (Lipinski definition) is 1. The van der Waals surface area contributed by atoms with Crippen LogP contribution in [0.15, 0.2) is 67.1 Å². The fraction of sp³-hybridized carbons (Fsp3) is 0.318. The Bertz CT molecular complexity index is 875. The molecule has 3 aromatic rings. The summed E-state index contributed by atoms with van der Waals surface area (Å²) in [5.41, 5.74) is 2.56. The molecule has 1 amide bonds. The lowest BCUT2D eigenvalue weighted by atomic mass is 10.0. The first kappa shape index (κ1) is 21.0. The van der Waals surface area contributed by atoms with Crippen molar-refractivity contribution in [2.45, 2.75) is 31.8 Å². The van der Waals surface area contributed by atoms with Gasteiger partial charge in [-0.1, -0.05) is 6.07 Å². The van der Waals surface area contributed by atoms with Gasteiger partial charge in [-0.3, -0.25) is 9.78 Å². The summed E-state index contributed by atoms with van der Waals surface area (Å²) in [4.78, 5) is 19.9. The number of carbonyl (C=O) groups is 1. The molecule has 6 nitrogen and oxygen atoms in total. The molecule has 29 heavy (non-hydrogen) atoms. The van der Waals surface area contributed by atoms with E-state index in [9.17, 15) is 4.79 Å². The van der Waals surface area contributed by atoms with Gasteiger partial charge in [0.1, 0.15) is 0 Å². The highest BCUT2D eigenvalue weighted by molar-refractivity contribution is 5.94. The number of hydrogen-bond acceptors (Lipinski definition) is 4. The highest BCUT2D eigenvalue weighted by Crippen LogP contribution is 2.20. The van der Waals surface area contributed by atoms with Crippen molar-refractivity contribution in [2.75, 3.05) is 13.1 Å². The number of benzene rings is 1. The third kappa shape index (κ3) is 5.22. The molecule has 7 heteroatoms. The summed E-state index contributed by atoms with van der Waals surface area (Å²) in [6, 6.07) is 15.6. The largest absolute Gasteiger partial charge is 0.330 e. The molecule has 0 saturated carbocycles. The average Bonchev–Trinajstić information content (AvgIpc) is 3.15. The smallest absolute Gasteiger partial charge is 0.254 e. The second-order valence-corrected chi connectivity index (χ2v) is 7.09. The predicted octanol–water partition coefficient (Wildman–Crippen LogP) is 3.47. The molecule has 0 radical (unpaired) electrons. The van der Waals surface area contributed by atoms with E-state index in [1.807, 2.05) is 59.6 Å². The lowest BCUT2D eigenvalue weighted by Crippen LogP contribution is -2.40. The number of aromatic nitrogens is 3. The molecule has 1 aliphatic rings. The molecule has 2 aromatic heterocycles. The van der Waals surface area contributed by atoms with Crippen LogP contribution in [0, 0.1) is 0 Å². The van der Waals surface area contributed by atoms with Crippen LogP contribution in [0.4, 0.5) is 0 Å². The number of halogens is 1. The van der Waals surface area contributed by atoms with Gasteiger partial charge in [0.15, 0.2) is 0 Å². The van der Waals surface area contributed by atoms with Crippen LogP contribution in [0.25, 0.3) is 5.69 Å². The third-order valence-electron chi connectivity index (χ3n) is 5.19. The lowest BCUT2D eigenvalue weighted by molar-refractivity contribution is 0.0642. The standard InChI is InChI=1S/C22H25N5O.ClH/c28-22(18-7-9-21(10-8-18)27-16-4-14-25-27)26(17-19-5-1-2-13-24-19)20-6-3-12-23-15-11-20;/h1-2,4-5,7-10,13-14,16,20,23H,3,6,11-12,15,17H2;1H. The number of nitrogens with one attached hydrogen (secondary N) is 1. The molecule has 1 aromatic carbocycles. The van der Waals surface area contributed by atoms with Gasteiger partial charge >= 0.3 is 0 Å². The number of nitrogens with zero attached hydrogens (tertiary/aromatic N) is 4. The zero-order valence-electron chi connectivity index (χ0n) is 16.3. The molecule has 0 aliphatic carbocycles. The molecular weight excluding hydrogens is 386 g/mol. The second kappa shape index (κ2) is 10.2. The van der Waals surface area contributed by atoms with Crippen LogP contribution in [-0.2, 0) is 6.54 Å². The number of amides is 1. The van der Waals surface area contributed by atoms with Crippen molar-refractivity contribution >= 4 is 18.3 Å². The van der Waals surface area contributed by atoms with Crippen LogP contribution < -0.4 is 5.32 Å². The highest BCUT2D eigenvalue weighted by atomic mass is 35.5. The Morgan fingerprint density at radius 2 is 1.93 bits per heavy atom. The van der Waals surface area contributed by atoms with Crippen molar-refractivity contribution in [2.24, 2.45) is 0 Å². The minimum Gasteiger partial charge on any atom is -0.330 e. The van der Waals surface area contributed by atoms with Crippen LogP contribution in [0.3, 0.4) is 0 Å². The Morgan fingerprint density at radius 3 is 2.66 bits per heavy atom. The maximum absolute atomic E-state index is 13.4. The normalized spacial score (nSPS) is 16.5. The summed E-state index contributed by atoms with van der Waals surface area (Å²) in [6.45, 7) is 2.49. The topological polar surface area (TPSA) is 63.1 Å². The summed E-state index contributed by atoms with van der Waals surface area (Å²) < 4.78 is 1.79. The summed E-state index contributed by atoms with van der Waals surface area (Å²) in [6.07, 6.45) is 8.47. The molecule has 1 fully saturated rings. The van der Waals surface area contributed by atoms with Crippen molar-refractivity contribution < 1.29 is 4.79 Å². The van der Waals surface area contributed by atoms with Gasteiger partial charge in [0.25, 0.3) is 5.91 Å². The summed E-state index contributed by atoms with van der Waals surface area (Å²) in [5.74, 6) is 0.0598. The Kier molecular flexibility index (Phi) is 7.38. The van der Waals surface area contributed by atoms with Crippen molar-refractivity contribution in [3.05, 3.63) is 78.4 Å². The van der Waals surface area contributed by atoms with Gasteiger partial charge in [0.2, 0.25) is 0 Å². The third-order valence-corrected chi connectivity index (χ3v) is 5.19. The fourth-order valence-electron chi connectivity index (χ4n) is 3.69. The van der Waals surface area contributed by atoms with Gasteiger partial charge in [0.05, 0.1) is 17.9 Å². The van der Waals surface area contributed by atoms with Crippen LogP contribution in [-0.4, -0.2) is 44.7 Å². The molecular formula is C22H26ClN5O. The van der Waals surface area contributed by atoms with E-state index in [1.165, 1.54) is 0 Å². The van der Waals surface area contributed by atoms with E-state index in [2.05, 4.69) is 15.4 Å².